The molecular weight excluding hydrogens is 331 g/mol. The van der Waals surface area contributed by atoms with Crippen LogP contribution in [0.2, 0.25) is 0 Å². The Balaban J connectivity index is 2.04. The molecule has 0 fully saturated rings. The Labute approximate surface area is 144 Å². The number of benzene rings is 1. The van der Waals surface area contributed by atoms with E-state index in [1.54, 1.807) is 21.6 Å². The minimum absolute atomic E-state index is 0.119. The van der Waals surface area contributed by atoms with E-state index in [0.717, 1.165) is 12.8 Å². The molecule has 1 aromatic heterocycles. The van der Waals surface area contributed by atoms with Gasteiger partial charge in [-0.15, -0.1) is 5.10 Å². The number of carbonyl (C=O) groups excluding carboxylic acids is 1. The predicted octanol–water partition coefficient (Wildman–Crippen LogP) is 2.66. The van der Waals surface area contributed by atoms with Gasteiger partial charge in [0.05, 0.1) is 5.75 Å². The van der Waals surface area contributed by atoms with Gasteiger partial charge in [-0.25, -0.2) is 14.3 Å². The number of amides is 1. The Hall–Kier alpha value is -2.09. The van der Waals surface area contributed by atoms with Crippen molar-refractivity contribution < 1.29 is 9.18 Å². The topological polar surface area (TPSA) is 71.0 Å². The number of aromatic nitrogens is 3. The van der Waals surface area contributed by atoms with Crippen LogP contribution in [-0.2, 0) is 11.3 Å². The molecule has 0 aliphatic carbocycles. The van der Waals surface area contributed by atoms with Gasteiger partial charge in [0.1, 0.15) is 5.82 Å². The zero-order valence-corrected chi connectivity index (χ0v) is 14.6. The summed E-state index contributed by atoms with van der Waals surface area (Å²) in [6.07, 6.45) is 1.84. The monoisotopic (exact) mass is 352 g/mol. The van der Waals surface area contributed by atoms with Crippen LogP contribution in [0.3, 0.4) is 0 Å². The average Bonchev–Trinajstić information content (AvgIpc) is 2.93. The van der Waals surface area contributed by atoms with Crippen molar-refractivity contribution in [2.45, 2.75) is 38.4 Å². The van der Waals surface area contributed by atoms with Crippen molar-refractivity contribution in [1.82, 2.24) is 14.8 Å². The van der Waals surface area contributed by atoms with Gasteiger partial charge in [-0.05, 0) is 37.6 Å². The number of nitrogens with zero attached hydrogens (tertiary/aromatic N) is 3. The molecule has 0 atom stereocenters. The molecule has 0 aliphatic rings. The summed E-state index contributed by atoms with van der Waals surface area (Å²) in [7, 11) is 0. The van der Waals surface area contributed by atoms with Crippen LogP contribution in [0.25, 0.3) is 0 Å². The molecule has 0 unspecified atom stereocenters. The van der Waals surface area contributed by atoms with Gasteiger partial charge in [0.15, 0.2) is 5.16 Å². The molecule has 0 saturated carbocycles. The van der Waals surface area contributed by atoms with Gasteiger partial charge in [-0.3, -0.25) is 9.36 Å². The molecule has 0 radical (unpaired) electrons. The molecule has 1 aromatic carbocycles. The van der Waals surface area contributed by atoms with Crippen LogP contribution < -0.4 is 10.6 Å². The van der Waals surface area contributed by atoms with Gasteiger partial charge in [-0.1, -0.05) is 25.1 Å². The predicted molar refractivity (Wildman–Crippen MR) is 92.9 cm³/mol. The maximum Gasteiger partial charge on any atom is 0.343 e. The van der Waals surface area contributed by atoms with Crippen LogP contribution in [0.1, 0.15) is 26.7 Å². The van der Waals surface area contributed by atoms with Crippen molar-refractivity contribution in [3.8, 4) is 0 Å². The third-order valence-corrected chi connectivity index (χ3v) is 4.50. The van der Waals surface area contributed by atoms with Crippen LogP contribution in [-0.4, -0.2) is 33.0 Å². The Morgan fingerprint density at radius 2 is 2.04 bits per heavy atom. The average molecular weight is 352 g/mol. The van der Waals surface area contributed by atoms with Crippen LogP contribution in [0.5, 0.6) is 0 Å². The molecule has 0 saturated heterocycles. The first-order chi connectivity index (χ1) is 11.6. The van der Waals surface area contributed by atoms with Gasteiger partial charge < -0.3 is 4.90 Å². The molecule has 0 spiro atoms. The number of halogens is 1. The Bertz CT molecular complexity index is 726. The van der Waals surface area contributed by atoms with Crippen LogP contribution in [0, 0.1) is 5.82 Å². The highest BCUT2D eigenvalue weighted by Crippen LogP contribution is 2.19. The molecule has 6 nitrogen and oxygen atoms in total. The number of aromatic amines is 1. The maximum atomic E-state index is 13.0. The number of unbranched alkanes of at least 4 members (excludes halogenated alkanes) is 1. The Kier molecular flexibility index (Phi) is 6.60. The number of anilines is 1. The highest BCUT2D eigenvalue weighted by molar-refractivity contribution is 7.99. The molecule has 1 heterocycles. The summed E-state index contributed by atoms with van der Waals surface area (Å²) in [5, 5.41) is 6.91. The number of hydrogen-bond donors (Lipinski definition) is 1. The van der Waals surface area contributed by atoms with Gasteiger partial charge in [0.2, 0.25) is 5.91 Å². The molecular formula is C16H21FN4O2S. The first-order valence-electron chi connectivity index (χ1n) is 7.90. The van der Waals surface area contributed by atoms with E-state index in [4.69, 9.17) is 0 Å². The van der Waals surface area contributed by atoms with E-state index in [1.165, 1.54) is 23.9 Å². The second kappa shape index (κ2) is 8.68. The van der Waals surface area contributed by atoms with Crippen molar-refractivity contribution in [1.29, 1.82) is 0 Å². The fraction of sp³-hybridized carbons (Fsp3) is 0.438. The fourth-order valence-electron chi connectivity index (χ4n) is 2.25. The summed E-state index contributed by atoms with van der Waals surface area (Å²) < 4.78 is 14.6. The molecule has 1 amide bonds. The molecule has 1 N–H and O–H groups in total. The van der Waals surface area contributed by atoms with E-state index < -0.39 is 0 Å². The lowest BCUT2D eigenvalue weighted by molar-refractivity contribution is -0.116. The number of rotatable bonds is 8. The summed E-state index contributed by atoms with van der Waals surface area (Å²) in [5.41, 5.74) is 0.388. The van der Waals surface area contributed by atoms with Crippen molar-refractivity contribution in [3.05, 3.63) is 40.6 Å². The van der Waals surface area contributed by atoms with E-state index in [9.17, 15) is 14.0 Å². The van der Waals surface area contributed by atoms with E-state index in [1.807, 2.05) is 13.8 Å². The summed E-state index contributed by atoms with van der Waals surface area (Å²) in [6.45, 7) is 4.97. The number of thioether (sulfide) groups is 1. The van der Waals surface area contributed by atoms with E-state index in [-0.39, 0.29) is 23.2 Å². The normalized spacial score (nSPS) is 10.8. The van der Waals surface area contributed by atoms with Gasteiger partial charge in [0, 0.05) is 18.8 Å². The first kappa shape index (κ1) is 18.3. The molecule has 2 aromatic rings. The quantitative estimate of drug-likeness (QED) is 0.742. The van der Waals surface area contributed by atoms with Crippen molar-refractivity contribution in [2.75, 3.05) is 17.2 Å². The molecule has 8 heteroatoms. The number of nitrogens with one attached hydrogen (secondary N) is 1. The molecule has 0 aliphatic heterocycles. The smallest absolute Gasteiger partial charge is 0.312 e. The lowest BCUT2D eigenvalue weighted by Gasteiger charge is -2.20. The highest BCUT2D eigenvalue weighted by atomic mass is 32.2. The molecule has 2 rings (SSSR count). The zero-order chi connectivity index (χ0) is 17.5. The van der Waals surface area contributed by atoms with E-state index in [0.29, 0.717) is 23.9 Å². The Morgan fingerprint density at radius 3 is 2.67 bits per heavy atom. The fourth-order valence-corrected chi connectivity index (χ4v) is 3.10. The van der Waals surface area contributed by atoms with E-state index >= 15 is 0 Å². The summed E-state index contributed by atoms with van der Waals surface area (Å²) in [5.74, 6) is -0.304. The van der Waals surface area contributed by atoms with Gasteiger partial charge in [-0.2, -0.15) is 0 Å². The lowest BCUT2D eigenvalue weighted by Crippen LogP contribution is -2.32. The lowest BCUT2D eigenvalue weighted by atomic mass is 10.3. The van der Waals surface area contributed by atoms with Gasteiger partial charge >= 0.3 is 5.69 Å². The second-order valence-corrected chi connectivity index (χ2v) is 6.16. The minimum atomic E-state index is -0.340. The molecule has 24 heavy (non-hydrogen) atoms. The van der Waals surface area contributed by atoms with E-state index in [2.05, 4.69) is 10.2 Å². The number of hydrogen-bond acceptors (Lipinski definition) is 4. The standard InChI is InChI=1S/C16H21FN4O2S/c1-3-5-10-21-15(23)18-19-16(21)24-11-14(22)20(4-2)13-8-6-12(17)7-9-13/h6-9H,3-5,10-11H2,1-2H3,(H,18,23). The third kappa shape index (κ3) is 4.47. The first-order valence-corrected chi connectivity index (χ1v) is 8.89. The maximum absolute atomic E-state index is 13.0. The largest absolute Gasteiger partial charge is 0.343 e. The summed E-state index contributed by atoms with van der Waals surface area (Å²) in [6, 6.07) is 5.81. The Morgan fingerprint density at radius 1 is 1.33 bits per heavy atom. The van der Waals surface area contributed by atoms with Crippen LogP contribution >= 0.6 is 11.8 Å². The zero-order valence-electron chi connectivity index (χ0n) is 13.8. The van der Waals surface area contributed by atoms with Crippen LogP contribution in [0.15, 0.2) is 34.2 Å². The molecule has 130 valence electrons. The summed E-state index contributed by atoms with van der Waals surface area (Å²) in [4.78, 5) is 25.8. The van der Waals surface area contributed by atoms with Crippen molar-refractivity contribution in [3.63, 3.8) is 0 Å². The second-order valence-electron chi connectivity index (χ2n) is 5.22. The van der Waals surface area contributed by atoms with Crippen molar-refractivity contribution in [2.24, 2.45) is 0 Å². The highest BCUT2D eigenvalue weighted by Gasteiger charge is 2.16. The van der Waals surface area contributed by atoms with Crippen molar-refractivity contribution >= 4 is 23.4 Å². The SMILES string of the molecule is CCCCn1c(SCC(=O)N(CC)c2ccc(F)cc2)n[nH]c1=O. The summed E-state index contributed by atoms with van der Waals surface area (Å²) >= 11 is 1.22. The van der Waals surface area contributed by atoms with Crippen LogP contribution in [0.4, 0.5) is 10.1 Å². The number of H-pyrrole nitrogens is 1. The number of carbonyl (C=O) groups is 1. The minimum Gasteiger partial charge on any atom is -0.312 e. The van der Waals surface area contributed by atoms with Gasteiger partial charge in [0.25, 0.3) is 0 Å². The molecule has 0 bridgehead atoms. The third-order valence-electron chi connectivity index (χ3n) is 3.54.